The molecule has 0 aliphatic heterocycles. The van der Waals surface area contributed by atoms with E-state index in [9.17, 15) is 0 Å². The number of methoxy groups -OCH3 is 1. The molecule has 0 fully saturated rings. The van der Waals surface area contributed by atoms with Gasteiger partial charge in [-0.3, -0.25) is 0 Å². The summed E-state index contributed by atoms with van der Waals surface area (Å²) in [5, 5.41) is 3.53. The summed E-state index contributed by atoms with van der Waals surface area (Å²) in [5.74, 6) is 1.84. The molecule has 0 saturated heterocycles. The number of nitrogens with one attached hydrogen (secondary N) is 1. The molecule has 1 heterocycles. The van der Waals surface area contributed by atoms with Crippen LogP contribution in [0.25, 0.3) is 0 Å². The first-order chi connectivity index (χ1) is 9.72. The van der Waals surface area contributed by atoms with Crippen molar-refractivity contribution in [3.8, 4) is 5.75 Å². The summed E-state index contributed by atoms with van der Waals surface area (Å²) in [6.45, 7) is 3.13. The van der Waals surface area contributed by atoms with E-state index in [1.54, 1.807) is 7.11 Å². The fraction of sp³-hybridized carbons (Fsp3) is 0.375. The maximum absolute atomic E-state index is 5.69. The minimum absolute atomic E-state index is 0.174. The first kappa shape index (κ1) is 15.1. The molecule has 1 aromatic carbocycles. The van der Waals surface area contributed by atoms with Crippen LogP contribution in [0.1, 0.15) is 30.7 Å². The van der Waals surface area contributed by atoms with Crippen molar-refractivity contribution >= 4 is 15.9 Å². The summed E-state index contributed by atoms with van der Waals surface area (Å²) in [6, 6.07) is 12.3. The monoisotopic (exact) mass is 337 g/mol. The molecule has 20 heavy (non-hydrogen) atoms. The molecular formula is C16H20BrNO2. The standard InChI is InChI=1S/C16H20BrNO2/c1-3-9-18-14(15-7-8-16(17)20-15)11-12-5-4-6-13(10-12)19-2/h4-8,10,14,18H,3,9,11H2,1-2H3. The number of rotatable bonds is 7. The third-order valence-electron chi connectivity index (χ3n) is 3.15. The molecule has 108 valence electrons. The van der Waals surface area contributed by atoms with E-state index < -0.39 is 0 Å². The molecule has 0 spiro atoms. The van der Waals surface area contributed by atoms with E-state index in [1.807, 2.05) is 24.3 Å². The number of hydrogen-bond acceptors (Lipinski definition) is 3. The third-order valence-corrected chi connectivity index (χ3v) is 3.58. The lowest BCUT2D eigenvalue weighted by Gasteiger charge is -2.16. The molecule has 1 atom stereocenters. The predicted octanol–water partition coefficient (Wildman–Crippen LogP) is 4.33. The van der Waals surface area contributed by atoms with Gasteiger partial charge in [-0.25, -0.2) is 0 Å². The second-order valence-corrected chi connectivity index (χ2v) is 5.49. The van der Waals surface area contributed by atoms with Crippen LogP contribution in [0.5, 0.6) is 5.75 Å². The summed E-state index contributed by atoms with van der Waals surface area (Å²) in [7, 11) is 1.69. The highest BCUT2D eigenvalue weighted by Crippen LogP contribution is 2.25. The molecule has 0 aliphatic rings. The van der Waals surface area contributed by atoms with E-state index in [-0.39, 0.29) is 6.04 Å². The van der Waals surface area contributed by atoms with E-state index in [4.69, 9.17) is 9.15 Å². The maximum Gasteiger partial charge on any atom is 0.169 e. The normalized spacial score (nSPS) is 12.3. The number of halogens is 1. The molecule has 1 aromatic heterocycles. The van der Waals surface area contributed by atoms with Crippen LogP contribution in [0.15, 0.2) is 45.5 Å². The van der Waals surface area contributed by atoms with Crippen molar-refractivity contribution in [2.75, 3.05) is 13.7 Å². The Balaban J connectivity index is 2.14. The van der Waals surface area contributed by atoms with Gasteiger partial charge in [0.1, 0.15) is 11.5 Å². The van der Waals surface area contributed by atoms with E-state index in [0.29, 0.717) is 0 Å². The average Bonchev–Trinajstić information content (AvgIpc) is 2.90. The molecule has 0 amide bonds. The number of ether oxygens (including phenoxy) is 1. The first-order valence-corrected chi connectivity index (χ1v) is 7.63. The Labute approximate surface area is 128 Å². The average molecular weight is 338 g/mol. The van der Waals surface area contributed by atoms with Gasteiger partial charge in [0, 0.05) is 0 Å². The van der Waals surface area contributed by atoms with E-state index in [1.165, 1.54) is 5.56 Å². The first-order valence-electron chi connectivity index (χ1n) is 6.84. The van der Waals surface area contributed by atoms with Gasteiger partial charge in [0.25, 0.3) is 0 Å². The molecule has 0 radical (unpaired) electrons. The highest BCUT2D eigenvalue weighted by Gasteiger charge is 2.15. The highest BCUT2D eigenvalue weighted by molar-refractivity contribution is 9.10. The van der Waals surface area contributed by atoms with Gasteiger partial charge in [-0.2, -0.15) is 0 Å². The SMILES string of the molecule is CCCNC(Cc1cccc(OC)c1)c1ccc(Br)o1. The van der Waals surface area contributed by atoms with Crippen LogP contribution < -0.4 is 10.1 Å². The summed E-state index contributed by atoms with van der Waals surface area (Å²) in [6.07, 6.45) is 1.97. The lowest BCUT2D eigenvalue weighted by molar-refractivity contribution is 0.397. The van der Waals surface area contributed by atoms with Gasteiger partial charge in [-0.15, -0.1) is 0 Å². The summed E-state index contributed by atoms with van der Waals surface area (Å²) < 4.78 is 11.7. The Hall–Kier alpha value is -1.26. The van der Waals surface area contributed by atoms with Crippen LogP contribution in [0, 0.1) is 0 Å². The molecule has 3 nitrogen and oxygen atoms in total. The van der Waals surface area contributed by atoms with Crippen LogP contribution in [-0.4, -0.2) is 13.7 Å². The van der Waals surface area contributed by atoms with Gasteiger partial charge < -0.3 is 14.5 Å². The largest absolute Gasteiger partial charge is 0.497 e. The van der Waals surface area contributed by atoms with Gasteiger partial charge in [-0.1, -0.05) is 19.1 Å². The minimum Gasteiger partial charge on any atom is -0.497 e. The molecule has 1 unspecified atom stereocenters. The van der Waals surface area contributed by atoms with Crippen LogP contribution in [-0.2, 0) is 6.42 Å². The van der Waals surface area contributed by atoms with Gasteiger partial charge in [-0.05, 0) is 65.1 Å². The zero-order valence-corrected chi connectivity index (χ0v) is 13.4. The smallest absolute Gasteiger partial charge is 0.169 e. The van der Waals surface area contributed by atoms with Gasteiger partial charge >= 0.3 is 0 Å². The Morgan fingerprint density at radius 1 is 1.30 bits per heavy atom. The molecule has 0 aliphatic carbocycles. The number of hydrogen-bond donors (Lipinski definition) is 1. The zero-order chi connectivity index (χ0) is 14.4. The Bertz CT molecular complexity index is 539. The van der Waals surface area contributed by atoms with Crippen molar-refractivity contribution in [2.24, 2.45) is 0 Å². The van der Waals surface area contributed by atoms with Crippen molar-refractivity contribution in [3.05, 3.63) is 52.4 Å². The molecule has 2 aromatic rings. The molecule has 2 rings (SSSR count). The zero-order valence-electron chi connectivity index (χ0n) is 11.9. The lowest BCUT2D eigenvalue weighted by Crippen LogP contribution is -2.23. The van der Waals surface area contributed by atoms with Gasteiger partial charge in [0.15, 0.2) is 4.67 Å². The lowest BCUT2D eigenvalue weighted by atomic mass is 10.0. The topological polar surface area (TPSA) is 34.4 Å². The summed E-state index contributed by atoms with van der Waals surface area (Å²) in [4.78, 5) is 0. The van der Waals surface area contributed by atoms with E-state index >= 15 is 0 Å². The fourth-order valence-electron chi connectivity index (χ4n) is 2.14. The van der Waals surface area contributed by atoms with Crippen molar-refractivity contribution in [3.63, 3.8) is 0 Å². The van der Waals surface area contributed by atoms with Crippen LogP contribution in [0.2, 0.25) is 0 Å². The quantitative estimate of drug-likeness (QED) is 0.816. The molecule has 0 saturated carbocycles. The highest BCUT2D eigenvalue weighted by atomic mass is 79.9. The maximum atomic E-state index is 5.69. The third kappa shape index (κ3) is 4.12. The van der Waals surface area contributed by atoms with E-state index in [2.05, 4.69) is 40.3 Å². The molecule has 1 N–H and O–H groups in total. The van der Waals surface area contributed by atoms with Crippen LogP contribution >= 0.6 is 15.9 Å². The van der Waals surface area contributed by atoms with Crippen LogP contribution in [0.4, 0.5) is 0 Å². The fourth-order valence-corrected chi connectivity index (χ4v) is 2.46. The van der Waals surface area contributed by atoms with Crippen molar-refractivity contribution in [1.29, 1.82) is 0 Å². The Kier molecular flexibility index (Phi) is 5.68. The molecule has 0 bridgehead atoms. The summed E-state index contributed by atoms with van der Waals surface area (Å²) >= 11 is 3.36. The number of furan rings is 1. The van der Waals surface area contributed by atoms with Gasteiger partial charge in [0.05, 0.1) is 13.2 Å². The minimum atomic E-state index is 0.174. The Morgan fingerprint density at radius 2 is 2.15 bits per heavy atom. The summed E-state index contributed by atoms with van der Waals surface area (Å²) in [5.41, 5.74) is 1.23. The molecule has 4 heteroatoms. The second kappa shape index (κ2) is 7.50. The van der Waals surface area contributed by atoms with Crippen molar-refractivity contribution in [1.82, 2.24) is 5.32 Å². The van der Waals surface area contributed by atoms with Crippen LogP contribution in [0.3, 0.4) is 0 Å². The second-order valence-electron chi connectivity index (χ2n) is 4.70. The van der Waals surface area contributed by atoms with Crippen molar-refractivity contribution in [2.45, 2.75) is 25.8 Å². The molecular weight excluding hydrogens is 318 g/mol. The van der Waals surface area contributed by atoms with Crippen molar-refractivity contribution < 1.29 is 9.15 Å². The predicted molar refractivity (Wildman–Crippen MR) is 84.1 cm³/mol. The van der Waals surface area contributed by atoms with Gasteiger partial charge in [0.2, 0.25) is 0 Å². The number of benzene rings is 1. The Morgan fingerprint density at radius 3 is 2.80 bits per heavy atom. The van der Waals surface area contributed by atoms with E-state index in [0.717, 1.165) is 35.6 Å².